The van der Waals surface area contributed by atoms with Crippen molar-refractivity contribution in [2.45, 2.75) is 19.8 Å². The predicted molar refractivity (Wildman–Crippen MR) is 117 cm³/mol. The van der Waals surface area contributed by atoms with Gasteiger partial charge in [-0.05, 0) is 36.4 Å². The van der Waals surface area contributed by atoms with Crippen LogP contribution in [-0.2, 0) is 16.0 Å². The van der Waals surface area contributed by atoms with Gasteiger partial charge in [0.15, 0.2) is 5.13 Å². The van der Waals surface area contributed by atoms with Gasteiger partial charge in [0, 0.05) is 31.1 Å². The molecule has 0 atom stereocenters. The molecular weight excluding hydrogens is 390 g/mol. The van der Waals surface area contributed by atoms with Crippen LogP contribution in [0.4, 0.5) is 5.13 Å². The van der Waals surface area contributed by atoms with Crippen molar-refractivity contribution in [2.75, 3.05) is 44.3 Å². The number of nitrogens with zero attached hydrogens (tertiary/aromatic N) is 3. The maximum Gasteiger partial charge on any atom is 0.234 e. The Kier molecular flexibility index (Phi) is 6.36. The molecule has 2 aromatic heterocycles. The third-order valence-electron chi connectivity index (χ3n) is 5.01. The highest BCUT2D eigenvalue weighted by Gasteiger charge is 2.21. The summed E-state index contributed by atoms with van der Waals surface area (Å²) in [6, 6.07) is 10.2. The van der Waals surface area contributed by atoms with Gasteiger partial charge in [-0.3, -0.25) is 14.6 Å². The van der Waals surface area contributed by atoms with Crippen LogP contribution >= 0.6 is 22.7 Å². The van der Waals surface area contributed by atoms with E-state index in [1.807, 2.05) is 22.4 Å². The molecule has 1 aliphatic rings. The van der Waals surface area contributed by atoms with Gasteiger partial charge in [-0.2, -0.15) is 0 Å². The molecular formula is C21H25N3O2S2. The number of hydrogen-bond donors (Lipinski definition) is 0. The van der Waals surface area contributed by atoms with E-state index < -0.39 is 0 Å². The van der Waals surface area contributed by atoms with Gasteiger partial charge in [0.25, 0.3) is 0 Å². The number of fused-ring (bicyclic) bond motifs is 1. The lowest BCUT2D eigenvalue weighted by Gasteiger charge is -2.27. The summed E-state index contributed by atoms with van der Waals surface area (Å²) in [4.78, 5) is 23.3. The highest BCUT2D eigenvalue weighted by Crippen LogP contribution is 2.31. The molecule has 5 nitrogen and oxygen atoms in total. The molecule has 3 aromatic rings. The first-order chi connectivity index (χ1) is 13.7. The summed E-state index contributed by atoms with van der Waals surface area (Å²) in [5.74, 6) is 0.126. The number of para-hydroxylation sites is 1. The third-order valence-corrected chi connectivity index (χ3v) is 6.93. The van der Waals surface area contributed by atoms with Gasteiger partial charge in [0.1, 0.15) is 0 Å². The number of thiophene rings is 1. The Morgan fingerprint density at radius 1 is 1.25 bits per heavy atom. The summed E-state index contributed by atoms with van der Waals surface area (Å²) in [5, 5.41) is 2.83. The van der Waals surface area contributed by atoms with E-state index in [4.69, 9.17) is 9.72 Å². The lowest BCUT2D eigenvalue weighted by Crippen LogP contribution is -2.39. The highest BCUT2D eigenvalue weighted by molar-refractivity contribution is 7.22. The average Bonchev–Trinajstić information content (AvgIpc) is 3.36. The van der Waals surface area contributed by atoms with Crippen LogP contribution in [0.1, 0.15) is 16.9 Å². The number of anilines is 1. The molecule has 1 fully saturated rings. The van der Waals surface area contributed by atoms with Gasteiger partial charge >= 0.3 is 0 Å². The molecule has 4 rings (SSSR count). The number of rotatable bonds is 7. The van der Waals surface area contributed by atoms with Crippen molar-refractivity contribution in [3.63, 3.8) is 0 Å². The number of carbonyl (C=O) groups excluding carboxylic acids is 1. The molecule has 1 aliphatic heterocycles. The Hall–Kier alpha value is -1.80. The molecule has 7 heteroatoms. The number of amides is 1. The first kappa shape index (κ1) is 19.5. The van der Waals surface area contributed by atoms with Crippen LogP contribution in [-0.4, -0.2) is 55.2 Å². The highest BCUT2D eigenvalue weighted by atomic mass is 32.1. The predicted octanol–water partition coefficient (Wildman–Crippen LogP) is 3.96. The molecule has 0 N–H and O–H groups in total. The first-order valence-corrected chi connectivity index (χ1v) is 11.4. The SMILES string of the molecule is Cc1cccc2sc(N(CCCN3CCOCC3)C(=O)Cc3cccs3)nc12. The van der Waals surface area contributed by atoms with Crippen molar-refractivity contribution in [1.82, 2.24) is 9.88 Å². The van der Waals surface area contributed by atoms with Crippen LogP contribution in [0.15, 0.2) is 35.7 Å². The van der Waals surface area contributed by atoms with Gasteiger partial charge in [-0.15, -0.1) is 11.3 Å². The van der Waals surface area contributed by atoms with Crippen molar-refractivity contribution < 1.29 is 9.53 Å². The summed E-state index contributed by atoms with van der Waals surface area (Å²) in [6.45, 7) is 7.31. The van der Waals surface area contributed by atoms with E-state index in [9.17, 15) is 4.79 Å². The van der Waals surface area contributed by atoms with Crippen LogP contribution in [0, 0.1) is 6.92 Å². The Balaban J connectivity index is 1.51. The fourth-order valence-corrected chi connectivity index (χ4v) is 5.23. The number of carbonyl (C=O) groups is 1. The molecule has 0 spiro atoms. The lowest BCUT2D eigenvalue weighted by molar-refractivity contribution is -0.118. The minimum Gasteiger partial charge on any atom is -0.379 e. The third kappa shape index (κ3) is 4.60. The van der Waals surface area contributed by atoms with Gasteiger partial charge in [-0.1, -0.05) is 29.5 Å². The van der Waals surface area contributed by atoms with Crippen LogP contribution < -0.4 is 4.90 Å². The topological polar surface area (TPSA) is 45.7 Å². The van der Waals surface area contributed by atoms with E-state index in [1.165, 1.54) is 0 Å². The monoisotopic (exact) mass is 415 g/mol. The summed E-state index contributed by atoms with van der Waals surface area (Å²) in [7, 11) is 0. The molecule has 0 radical (unpaired) electrons. The normalized spacial score (nSPS) is 15.2. The van der Waals surface area contributed by atoms with E-state index in [2.05, 4.69) is 30.0 Å². The van der Waals surface area contributed by atoms with Crippen molar-refractivity contribution >= 4 is 43.9 Å². The van der Waals surface area contributed by atoms with Crippen molar-refractivity contribution in [3.8, 4) is 0 Å². The first-order valence-electron chi connectivity index (χ1n) is 9.70. The van der Waals surface area contributed by atoms with E-state index in [0.29, 0.717) is 13.0 Å². The van der Waals surface area contributed by atoms with E-state index >= 15 is 0 Å². The number of aryl methyl sites for hydroxylation is 1. The maximum absolute atomic E-state index is 13.1. The van der Waals surface area contributed by atoms with Crippen LogP contribution in [0.3, 0.4) is 0 Å². The summed E-state index contributed by atoms with van der Waals surface area (Å²) >= 11 is 3.24. The van der Waals surface area contributed by atoms with Crippen molar-refractivity contribution in [2.24, 2.45) is 0 Å². The molecule has 0 bridgehead atoms. The van der Waals surface area contributed by atoms with E-state index in [0.717, 1.165) is 65.1 Å². The fraction of sp³-hybridized carbons (Fsp3) is 0.429. The minimum absolute atomic E-state index is 0.126. The second kappa shape index (κ2) is 9.13. The Morgan fingerprint density at radius 2 is 2.11 bits per heavy atom. The molecule has 0 saturated carbocycles. The van der Waals surface area contributed by atoms with Gasteiger partial charge in [-0.25, -0.2) is 4.98 Å². The minimum atomic E-state index is 0.126. The van der Waals surface area contributed by atoms with Crippen LogP contribution in [0.5, 0.6) is 0 Å². The molecule has 3 heterocycles. The standard InChI is InChI=1S/C21H25N3O2S2/c1-16-5-2-7-18-20(16)22-21(28-18)24(19(25)15-17-6-3-14-27-17)9-4-8-23-10-12-26-13-11-23/h2-3,5-7,14H,4,8-13,15H2,1H3. The Morgan fingerprint density at radius 3 is 2.86 bits per heavy atom. The van der Waals surface area contributed by atoms with Crippen molar-refractivity contribution in [1.29, 1.82) is 0 Å². The molecule has 1 amide bonds. The summed E-state index contributed by atoms with van der Waals surface area (Å²) < 4.78 is 6.56. The van der Waals surface area contributed by atoms with E-state index in [-0.39, 0.29) is 5.91 Å². The second-order valence-electron chi connectivity index (χ2n) is 7.03. The lowest BCUT2D eigenvalue weighted by atomic mass is 10.2. The average molecular weight is 416 g/mol. The van der Waals surface area contributed by atoms with Crippen LogP contribution in [0.2, 0.25) is 0 Å². The number of ether oxygens (including phenoxy) is 1. The van der Waals surface area contributed by atoms with Gasteiger partial charge in [0.2, 0.25) is 5.91 Å². The van der Waals surface area contributed by atoms with Crippen LogP contribution in [0.25, 0.3) is 10.2 Å². The Labute approximate surface area is 173 Å². The number of morpholine rings is 1. The quantitative estimate of drug-likeness (QED) is 0.586. The van der Waals surface area contributed by atoms with E-state index in [1.54, 1.807) is 22.7 Å². The Bertz CT molecular complexity index is 917. The molecule has 0 aliphatic carbocycles. The number of thiazole rings is 1. The zero-order valence-corrected chi connectivity index (χ0v) is 17.7. The summed E-state index contributed by atoms with van der Waals surface area (Å²) in [5.41, 5.74) is 2.16. The largest absolute Gasteiger partial charge is 0.379 e. The second-order valence-corrected chi connectivity index (χ2v) is 9.07. The van der Waals surface area contributed by atoms with Gasteiger partial charge in [0.05, 0.1) is 29.9 Å². The fourth-order valence-electron chi connectivity index (χ4n) is 3.45. The maximum atomic E-state index is 13.1. The zero-order chi connectivity index (χ0) is 19.3. The molecule has 148 valence electrons. The molecule has 1 saturated heterocycles. The van der Waals surface area contributed by atoms with Gasteiger partial charge < -0.3 is 4.74 Å². The van der Waals surface area contributed by atoms with Crippen molar-refractivity contribution in [3.05, 3.63) is 46.2 Å². The zero-order valence-electron chi connectivity index (χ0n) is 16.1. The molecule has 0 unspecified atom stereocenters. The number of hydrogen-bond acceptors (Lipinski definition) is 6. The number of aromatic nitrogens is 1. The smallest absolute Gasteiger partial charge is 0.234 e. The molecule has 28 heavy (non-hydrogen) atoms. The summed E-state index contributed by atoms with van der Waals surface area (Å²) in [6.07, 6.45) is 1.37. The molecule has 1 aromatic carbocycles. The number of benzene rings is 1.